The van der Waals surface area contributed by atoms with Crippen LogP contribution in [-0.4, -0.2) is 10.7 Å². The van der Waals surface area contributed by atoms with Crippen LogP contribution in [0, 0.1) is 10.1 Å². The predicted octanol–water partition coefficient (Wildman–Crippen LogP) is 3.27. The van der Waals surface area contributed by atoms with Crippen LogP contribution in [0.2, 0.25) is 0 Å². The van der Waals surface area contributed by atoms with Crippen LogP contribution in [-0.2, 0) is 11.2 Å². The van der Waals surface area contributed by atoms with E-state index in [1.807, 2.05) is 0 Å². The standard InChI is InChI=1S/C11H12BrNO3/c1-2-10(14)6-4-8-3-5-9(12)7-11(8)13(15)16/h3,5,7H,2,4,6H2,1H3. The van der Waals surface area contributed by atoms with Crippen molar-refractivity contribution in [2.45, 2.75) is 26.2 Å². The zero-order valence-corrected chi connectivity index (χ0v) is 10.5. The lowest BCUT2D eigenvalue weighted by Crippen LogP contribution is -2.01. The van der Waals surface area contributed by atoms with E-state index in [1.54, 1.807) is 19.1 Å². The minimum absolute atomic E-state index is 0.0679. The first-order valence-electron chi connectivity index (χ1n) is 4.99. The summed E-state index contributed by atoms with van der Waals surface area (Å²) in [6.45, 7) is 1.79. The first-order valence-corrected chi connectivity index (χ1v) is 5.78. The Balaban J connectivity index is 2.87. The molecule has 0 fully saturated rings. The maximum Gasteiger partial charge on any atom is 0.273 e. The number of hydrogen-bond acceptors (Lipinski definition) is 3. The third kappa shape index (κ3) is 3.41. The fourth-order valence-corrected chi connectivity index (χ4v) is 1.72. The van der Waals surface area contributed by atoms with Crippen molar-refractivity contribution < 1.29 is 9.72 Å². The van der Waals surface area contributed by atoms with Gasteiger partial charge in [-0.3, -0.25) is 14.9 Å². The summed E-state index contributed by atoms with van der Waals surface area (Å²) in [5.74, 6) is 0.122. The maximum absolute atomic E-state index is 11.2. The van der Waals surface area contributed by atoms with E-state index in [0.717, 1.165) is 0 Å². The second-order valence-corrected chi connectivity index (χ2v) is 4.34. The van der Waals surface area contributed by atoms with Crippen molar-refractivity contribution in [1.29, 1.82) is 0 Å². The number of nitro benzene ring substituents is 1. The summed E-state index contributed by atoms with van der Waals surface area (Å²) in [5.41, 5.74) is 0.674. The van der Waals surface area contributed by atoms with Crippen molar-refractivity contribution in [2.75, 3.05) is 0 Å². The number of nitro groups is 1. The number of ketones is 1. The fourth-order valence-electron chi connectivity index (χ4n) is 1.37. The van der Waals surface area contributed by atoms with Crippen LogP contribution in [0.25, 0.3) is 0 Å². The lowest BCUT2D eigenvalue weighted by atomic mass is 10.0. The lowest BCUT2D eigenvalue weighted by Gasteiger charge is -2.02. The van der Waals surface area contributed by atoms with Gasteiger partial charge in [-0.1, -0.05) is 28.9 Å². The molecule has 1 aromatic carbocycles. The zero-order chi connectivity index (χ0) is 12.1. The van der Waals surface area contributed by atoms with E-state index < -0.39 is 4.92 Å². The SMILES string of the molecule is CCC(=O)CCc1ccc(Br)cc1[N+](=O)[O-]. The number of aryl methyl sites for hydroxylation is 1. The molecule has 16 heavy (non-hydrogen) atoms. The van der Waals surface area contributed by atoms with Crippen LogP contribution < -0.4 is 0 Å². The number of rotatable bonds is 5. The Morgan fingerprint density at radius 2 is 2.19 bits per heavy atom. The van der Waals surface area contributed by atoms with Crippen LogP contribution in [0.1, 0.15) is 25.3 Å². The number of hydrogen-bond donors (Lipinski definition) is 0. The second kappa shape index (κ2) is 5.75. The fraction of sp³-hybridized carbons (Fsp3) is 0.364. The molecule has 0 spiro atoms. The smallest absolute Gasteiger partial charge is 0.273 e. The van der Waals surface area contributed by atoms with Crippen LogP contribution in [0.15, 0.2) is 22.7 Å². The summed E-state index contributed by atoms with van der Waals surface area (Å²) in [7, 11) is 0. The molecule has 0 heterocycles. The Morgan fingerprint density at radius 3 is 2.75 bits per heavy atom. The van der Waals surface area contributed by atoms with Crippen molar-refractivity contribution in [1.82, 2.24) is 0 Å². The number of halogens is 1. The molecule has 0 radical (unpaired) electrons. The molecule has 0 bridgehead atoms. The molecule has 0 amide bonds. The number of carbonyl (C=O) groups is 1. The van der Waals surface area contributed by atoms with Crippen molar-refractivity contribution in [2.24, 2.45) is 0 Å². The van der Waals surface area contributed by atoms with Gasteiger partial charge in [0.1, 0.15) is 5.78 Å². The Bertz CT molecular complexity index is 418. The second-order valence-electron chi connectivity index (χ2n) is 3.42. The van der Waals surface area contributed by atoms with Gasteiger partial charge in [-0.15, -0.1) is 0 Å². The van der Waals surface area contributed by atoms with Gasteiger partial charge in [-0.05, 0) is 12.5 Å². The van der Waals surface area contributed by atoms with E-state index in [2.05, 4.69) is 15.9 Å². The van der Waals surface area contributed by atoms with Gasteiger partial charge in [0.25, 0.3) is 5.69 Å². The Labute approximate surface area is 102 Å². The van der Waals surface area contributed by atoms with Gasteiger partial charge in [-0.2, -0.15) is 0 Å². The quantitative estimate of drug-likeness (QED) is 0.616. The molecule has 86 valence electrons. The first-order chi connectivity index (χ1) is 7.54. The minimum atomic E-state index is -0.420. The molecule has 1 aromatic rings. The van der Waals surface area contributed by atoms with Gasteiger partial charge >= 0.3 is 0 Å². The third-order valence-electron chi connectivity index (χ3n) is 2.31. The Kier molecular flexibility index (Phi) is 4.61. The normalized spacial score (nSPS) is 10.1. The largest absolute Gasteiger partial charge is 0.300 e. The van der Waals surface area contributed by atoms with Gasteiger partial charge in [0.2, 0.25) is 0 Å². The Hall–Kier alpha value is -1.23. The van der Waals surface area contributed by atoms with Gasteiger partial charge in [0.15, 0.2) is 0 Å². The van der Waals surface area contributed by atoms with E-state index >= 15 is 0 Å². The molecule has 0 N–H and O–H groups in total. The van der Waals surface area contributed by atoms with Crippen molar-refractivity contribution in [3.63, 3.8) is 0 Å². The topological polar surface area (TPSA) is 60.2 Å². The molecule has 4 nitrogen and oxygen atoms in total. The van der Waals surface area contributed by atoms with Gasteiger partial charge < -0.3 is 0 Å². The Morgan fingerprint density at radius 1 is 1.50 bits per heavy atom. The lowest BCUT2D eigenvalue weighted by molar-refractivity contribution is -0.385. The van der Waals surface area contributed by atoms with Crippen molar-refractivity contribution in [3.05, 3.63) is 38.3 Å². The van der Waals surface area contributed by atoms with Crippen LogP contribution >= 0.6 is 15.9 Å². The molecule has 0 saturated carbocycles. The summed E-state index contributed by atoms with van der Waals surface area (Å²) in [5, 5.41) is 10.8. The van der Waals surface area contributed by atoms with E-state index in [1.165, 1.54) is 6.07 Å². The maximum atomic E-state index is 11.2. The van der Waals surface area contributed by atoms with E-state index in [-0.39, 0.29) is 11.5 Å². The van der Waals surface area contributed by atoms with Crippen LogP contribution in [0.4, 0.5) is 5.69 Å². The first kappa shape index (κ1) is 12.8. The highest BCUT2D eigenvalue weighted by Crippen LogP contribution is 2.24. The highest BCUT2D eigenvalue weighted by atomic mass is 79.9. The molecule has 0 saturated heterocycles. The van der Waals surface area contributed by atoms with E-state index in [4.69, 9.17) is 0 Å². The molecule has 0 aliphatic heterocycles. The average molecular weight is 286 g/mol. The molecule has 0 aliphatic rings. The number of nitrogens with zero attached hydrogens (tertiary/aromatic N) is 1. The number of Topliss-reactive ketones (excluding diaryl/α,β-unsaturated/α-hetero) is 1. The van der Waals surface area contributed by atoms with Gasteiger partial charge in [0, 0.05) is 28.9 Å². The highest BCUT2D eigenvalue weighted by molar-refractivity contribution is 9.10. The van der Waals surface area contributed by atoms with Crippen LogP contribution in [0.3, 0.4) is 0 Å². The summed E-state index contributed by atoms with van der Waals surface area (Å²) in [4.78, 5) is 21.5. The van der Waals surface area contributed by atoms with Crippen LogP contribution in [0.5, 0.6) is 0 Å². The molecular formula is C11H12BrNO3. The molecule has 0 unspecified atom stereocenters. The summed E-state index contributed by atoms with van der Waals surface area (Å²) < 4.78 is 0.671. The molecule has 0 aliphatic carbocycles. The zero-order valence-electron chi connectivity index (χ0n) is 8.90. The summed E-state index contributed by atoms with van der Waals surface area (Å²) in [6.07, 6.45) is 1.26. The van der Waals surface area contributed by atoms with E-state index in [0.29, 0.717) is 29.3 Å². The molecule has 0 atom stereocenters. The molecule has 5 heteroatoms. The van der Waals surface area contributed by atoms with Gasteiger partial charge in [-0.25, -0.2) is 0 Å². The summed E-state index contributed by atoms with van der Waals surface area (Å²) >= 11 is 3.19. The minimum Gasteiger partial charge on any atom is -0.300 e. The third-order valence-corrected chi connectivity index (χ3v) is 2.80. The number of benzene rings is 1. The highest BCUT2D eigenvalue weighted by Gasteiger charge is 2.14. The number of carbonyl (C=O) groups excluding carboxylic acids is 1. The van der Waals surface area contributed by atoms with Crippen molar-refractivity contribution in [3.8, 4) is 0 Å². The monoisotopic (exact) mass is 285 g/mol. The molecule has 1 rings (SSSR count). The van der Waals surface area contributed by atoms with Crippen molar-refractivity contribution >= 4 is 27.4 Å². The predicted molar refractivity (Wildman–Crippen MR) is 64.4 cm³/mol. The van der Waals surface area contributed by atoms with E-state index in [9.17, 15) is 14.9 Å². The van der Waals surface area contributed by atoms with Gasteiger partial charge in [0.05, 0.1) is 4.92 Å². The molecule has 0 aromatic heterocycles. The summed E-state index contributed by atoms with van der Waals surface area (Å²) in [6, 6.07) is 4.90. The molecular weight excluding hydrogens is 274 g/mol. The average Bonchev–Trinajstić information content (AvgIpc) is 2.26.